The van der Waals surface area contributed by atoms with E-state index in [2.05, 4.69) is 16.0 Å². The highest BCUT2D eigenvalue weighted by atomic mass is 16.4. The summed E-state index contributed by atoms with van der Waals surface area (Å²) in [5, 5.41) is 34.4. The zero-order valence-electron chi connectivity index (χ0n) is 18.4. The minimum absolute atomic E-state index is 0.0577. The molecule has 0 bridgehead atoms. The number of aliphatic hydroxyl groups is 1. The predicted molar refractivity (Wildman–Crippen MR) is 113 cm³/mol. The largest absolute Gasteiger partial charge is 0.481 e. The fourth-order valence-corrected chi connectivity index (χ4v) is 2.75. The molecule has 0 spiro atoms. The second kappa shape index (κ2) is 15.1. The second-order valence-corrected chi connectivity index (χ2v) is 7.82. The van der Waals surface area contributed by atoms with Crippen LogP contribution in [0, 0.1) is 5.92 Å². The molecule has 4 atom stereocenters. The van der Waals surface area contributed by atoms with E-state index >= 15 is 0 Å². The third-order valence-corrected chi connectivity index (χ3v) is 4.45. The van der Waals surface area contributed by atoms with Crippen LogP contribution >= 0.6 is 0 Å². The Morgan fingerprint density at radius 2 is 1.38 bits per heavy atom. The smallest absolute Gasteiger partial charge is 0.326 e. The summed E-state index contributed by atoms with van der Waals surface area (Å²) in [6.07, 6.45) is 0.733. The van der Waals surface area contributed by atoms with Gasteiger partial charge in [-0.1, -0.05) is 13.8 Å². The summed E-state index contributed by atoms with van der Waals surface area (Å²) in [6, 6.07) is -5.21. The first-order valence-electron chi connectivity index (χ1n) is 10.3. The van der Waals surface area contributed by atoms with Crippen LogP contribution in [-0.4, -0.2) is 82.3 Å². The zero-order valence-corrected chi connectivity index (χ0v) is 18.4. The van der Waals surface area contributed by atoms with Crippen molar-refractivity contribution in [3.05, 3.63) is 0 Å². The van der Waals surface area contributed by atoms with Crippen molar-refractivity contribution in [2.24, 2.45) is 17.4 Å². The van der Waals surface area contributed by atoms with E-state index in [4.69, 9.17) is 16.6 Å². The van der Waals surface area contributed by atoms with Gasteiger partial charge < -0.3 is 42.7 Å². The number of nitrogens with one attached hydrogen (secondary N) is 3. The molecule has 0 aromatic heterocycles. The first-order chi connectivity index (χ1) is 14.9. The van der Waals surface area contributed by atoms with Crippen LogP contribution in [0.5, 0.6) is 0 Å². The molecule has 0 aromatic rings. The average Bonchev–Trinajstić information content (AvgIpc) is 2.69. The Balaban J connectivity index is 5.22. The Morgan fingerprint density at radius 1 is 0.844 bits per heavy atom. The molecule has 0 saturated heterocycles. The lowest BCUT2D eigenvalue weighted by molar-refractivity contribution is -0.142. The Kier molecular flexibility index (Phi) is 13.8. The van der Waals surface area contributed by atoms with E-state index in [0.717, 1.165) is 0 Å². The number of amides is 3. The number of aliphatic hydroxyl groups excluding tert-OH is 1. The molecule has 0 aliphatic heterocycles. The molecule has 10 N–H and O–H groups in total. The van der Waals surface area contributed by atoms with Crippen LogP contribution in [0.1, 0.15) is 46.0 Å². The first-order valence-corrected chi connectivity index (χ1v) is 10.3. The third kappa shape index (κ3) is 11.6. The van der Waals surface area contributed by atoms with E-state index in [0.29, 0.717) is 19.4 Å². The summed E-state index contributed by atoms with van der Waals surface area (Å²) in [5.41, 5.74) is 10.8. The van der Waals surface area contributed by atoms with Gasteiger partial charge in [0.2, 0.25) is 17.7 Å². The number of rotatable bonds is 16. The Hall–Kier alpha value is -2.77. The van der Waals surface area contributed by atoms with Gasteiger partial charge in [0.05, 0.1) is 19.1 Å². The summed E-state index contributed by atoms with van der Waals surface area (Å²) >= 11 is 0. The summed E-state index contributed by atoms with van der Waals surface area (Å²) in [7, 11) is 0. The Bertz CT molecular complexity index is 658. The van der Waals surface area contributed by atoms with Crippen molar-refractivity contribution in [2.75, 3.05) is 13.2 Å². The van der Waals surface area contributed by atoms with Gasteiger partial charge in [-0.25, -0.2) is 4.79 Å². The summed E-state index contributed by atoms with van der Waals surface area (Å²) in [6.45, 7) is 3.14. The van der Waals surface area contributed by atoms with Crippen molar-refractivity contribution in [1.82, 2.24) is 16.0 Å². The highest BCUT2D eigenvalue weighted by Crippen LogP contribution is 2.08. The summed E-state index contributed by atoms with van der Waals surface area (Å²) in [4.78, 5) is 59.3. The van der Waals surface area contributed by atoms with Gasteiger partial charge in [0.1, 0.15) is 18.1 Å². The number of carboxylic acids is 2. The fourth-order valence-electron chi connectivity index (χ4n) is 2.75. The third-order valence-electron chi connectivity index (χ3n) is 4.45. The molecule has 0 aromatic carbocycles. The number of hydrogen-bond acceptors (Lipinski definition) is 8. The second-order valence-electron chi connectivity index (χ2n) is 7.82. The molecule has 0 fully saturated rings. The molecule has 13 nitrogen and oxygen atoms in total. The maximum absolute atomic E-state index is 12.7. The lowest BCUT2D eigenvalue weighted by Crippen LogP contribution is -2.58. The molecule has 3 amide bonds. The Labute approximate surface area is 186 Å². The fraction of sp³-hybridized carbons (Fsp3) is 0.737. The van der Waals surface area contributed by atoms with Gasteiger partial charge in [0.15, 0.2) is 0 Å². The maximum Gasteiger partial charge on any atom is 0.326 e. The van der Waals surface area contributed by atoms with Gasteiger partial charge in [-0.2, -0.15) is 0 Å². The highest BCUT2D eigenvalue weighted by molar-refractivity contribution is 5.94. The van der Waals surface area contributed by atoms with E-state index in [1.165, 1.54) is 0 Å². The van der Waals surface area contributed by atoms with Crippen LogP contribution in [0.3, 0.4) is 0 Å². The van der Waals surface area contributed by atoms with Gasteiger partial charge in [-0.15, -0.1) is 0 Å². The van der Waals surface area contributed by atoms with Crippen molar-refractivity contribution in [1.29, 1.82) is 0 Å². The van der Waals surface area contributed by atoms with E-state index in [1.54, 1.807) is 13.8 Å². The van der Waals surface area contributed by atoms with Crippen molar-refractivity contribution >= 4 is 29.7 Å². The van der Waals surface area contributed by atoms with Crippen molar-refractivity contribution < 1.29 is 39.3 Å². The lowest BCUT2D eigenvalue weighted by atomic mass is 10.0. The van der Waals surface area contributed by atoms with Crippen LogP contribution in [0.15, 0.2) is 0 Å². The number of unbranched alkanes of at least 4 members (excludes halogenated alkanes) is 1. The van der Waals surface area contributed by atoms with E-state index in [9.17, 15) is 34.2 Å². The van der Waals surface area contributed by atoms with Crippen LogP contribution in [0.2, 0.25) is 0 Å². The molecule has 4 unspecified atom stereocenters. The molecule has 0 heterocycles. The van der Waals surface area contributed by atoms with E-state index < -0.39 is 66.9 Å². The van der Waals surface area contributed by atoms with Crippen molar-refractivity contribution in [2.45, 2.75) is 70.1 Å². The molecule has 13 heteroatoms. The van der Waals surface area contributed by atoms with Crippen molar-refractivity contribution in [3.63, 3.8) is 0 Å². The minimum Gasteiger partial charge on any atom is -0.481 e. The summed E-state index contributed by atoms with van der Waals surface area (Å²) < 4.78 is 0. The van der Waals surface area contributed by atoms with Crippen LogP contribution in [0.25, 0.3) is 0 Å². The zero-order chi connectivity index (χ0) is 24.8. The minimum atomic E-state index is -1.48. The molecule has 0 aliphatic rings. The SMILES string of the molecule is CC(C)CC(NC(=O)C(CO)NC(=O)C(N)CC(=O)O)C(=O)NC(CCCCN)C(=O)O. The molecule has 0 aliphatic carbocycles. The number of carboxylic acid groups (broad SMARTS) is 2. The van der Waals surface area contributed by atoms with E-state index in [1.807, 2.05) is 0 Å². The normalized spacial score (nSPS) is 14.7. The molecule has 0 radical (unpaired) electrons. The predicted octanol–water partition coefficient (Wildman–Crippen LogP) is -2.51. The maximum atomic E-state index is 12.7. The van der Waals surface area contributed by atoms with Crippen LogP contribution in [0.4, 0.5) is 0 Å². The molecule has 0 rings (SSSR count). The lowest BCUT2D eigenvalue weighted by Gasteiger charge is -2.25. The van der Waals surface area contributed by atoms with Gasteiger partial charge >= 0.3 is 11.9 Å². The standard InChI is InChI=1S/C19H35N5O8/c1-10(2)7-13(17(29)22-12(19(31)32)5-3-4-6-20)23-18(30)14(9-25)24-16(28)11(21)8-15(26)27/h10-14,25H,3-9,20-21H2,1-2H3,(H,22,29)(H,23,30)(H,24,28)(H,26,27)(H,31,32). The number of hydrogen-bond donors (Lipinski definition) is 8. The van der Waals surface area contributed by atoms with Gasteiger partial charge in [0, 0.05) is 0 Å². The van der Waals surface area contributed by atoms with Gasteiger partial charge in [0.25, 0.3) is 0 Å². The van der Waals surface area contributed by atoms with Gasteiger partial charge in [-0.05, 0) is 38.1 Å². The van der Waals surface area contributed by atoms with Crippen molar-refractivity contribution in [3.8, 4) is 0 Å². The Morgan fingerprint density at radius 3 is 1.84 bits per heavy atom. The quantitative estimate of drug-likeness (QED) is 0.112. The number of nitrogens with two attached hydrogens (primary N) is 2. The topological polar surface area (TPSA) is 234 Å². The molecular weight excluding hydrogens is 426 g/mol. The summed E-state index contributed by atoms with van der Waals surface area (Å²) in [5.74, 6) is -5.18. The van der Waals surface area contributed by atoms with Crippen LogP contribution < -0.4 is 27.4 Å². The van der Waals surface area contributed by atoms with Crippen LogP contribution in [-0.2, 0) is 24.0 Å². The van der Waals surface area contributed by atoms with Gasteiger partial charge in [-0.3, -0.25) is 19.2 Å². The molecule has 32 heavy (non-hydrogen) atoms. The highest BCUT2D eigenvalue weighted by Gasteiger charge is 2.30. The monoisotopic (exact) mass is 461 g/mol. The molecule has 0 saturated carbocycles. The molecular formula is C19H35N5O8. The number of carbonyl (C=O) groups is 5. The average molecular weight is 462 g/mol. The van der Waals surface area contributed by atoms with E-state index in [-0.39, 0.29) is 18.8 Å². The first kappa shape index (κ1) is 29.2. The number of aliphatic carboxylic acids is 2. The molecule has 184 valence electrons. The number of carbonyl (C=O) groups excluding carboxylic acids is 3.